The first-order valence-electron chi connectivity index (χ1n) is 6.22. The van der Waals surface area contributed by atoms with Gasteiger partial charge in [0.1, 0.15) is 11.6 Å². The maximum atomic E-state index is 13.1. The molecule has 0 bridgehead atoms. The van der Waals surface area contributed by atoms with Crippen molar-refractivity contribution in [2.24, 2.45) is 5.92 Å². The summed E-state index contributed by atoms with van der Waals surface area (Å²) in [5.74, 6) is -0.863. The number of sulfone groups is 1. The molecule has 106 valence electrons. The number of likely N-dealkylation sites (N-methyl/N-ethyl adjacent to an activating group) is 1. The minimum absolute atomic E-state index is 0.00123. The van der Waals surface area contributed by atoms with E-state index in [2.05, 4.69) is 5.32 Å². The second-order valence-corrected chi connectivity index (χ2v) is 7.27. The van der Waals surface area contributed by atoms with Crippen LogP contribution in [0.25, 0.3) is 0 Å². The van der Waals surface area contributed by atoms with Gasteiger partial charge in [0.15, 0.2) is 9.84 Å². The van der Waals surface area contributed by atoms with Crippen LogP contribution in [0.15, 0.2) is 18.2 Å². The molecule has 0 spiro atoms. The molecule has 2 unspecified atom stereocenters. The van der Waals surface area contributed by atoms with Crippen LogP contribution in [0.5, 0.6) is 0 Å². The Balaban J connectivity index is 2.11. The zero-order valence-electron chi connectivity index (χ0n) is 10.7. The maximum absolute atomic E-state index is 13.1. The topological polar surface area (TPSA) is 46.2 Å². The van der Waals surface area contributed by atoms with Gasteiger partial charge in [0, 0.05) is 12.1 Å². The summed E-state index contributed by atoms with van der Waals surface area (Å²) in [5, 5.41) is 3.06. The summed E-state index contributed by atoms with van der Waals surface area (Å²) >= 11 is 0. The minimum Gasteiger partial charge on any atom is -0.316 e. The van der Waals surface area contributed by atoms with Crippen molar-refractivity contribution in [2.45, 2.75) is 18.9 Å². The Labute approximate surface area is 111 Å². The van der Waals surface area contributed by atoms with Gasteiger partial charge in [-0.05, 0) is 43.5 Å². The summed E-state index contributed by atoms with van der Waals surface area (Å²) in [4.78, 5) is 0. The molecule has 1 heterocycles. The number of hydrogen-bond donors (Lipinski definition) is 1. The second kappa shape index (κ2) is 5.54. The fourth-order valence-corrected chi connectivity index (χ4v) is 4.51. The Morgan fingerprint density at radius 1 is 1.32 bits per heavy atom. The van der Waals surface area contributed by atoms with E-state index < -0.39 is 21.5 Å². The lowest BCUT2D eigenvalue weighted by Gasteiger charge is -2.22. The summed E-state index contributed by atoms with van der Waals surface area (Å²) in [7, 11) is -1.21. The van der Waals surface area contributed by atoms with Crippen LogP contribution in [0.1, 0.15) is 12.0 Å². The Kier molecular flexibility index (Phi) is 4.20. The van der Waals surface area contributed by atoms with Crippen molar-refractivity contribution in [1.29, 1.82) is 0 Å². The molecule has 0 radical (unpaired) electrons. The molecule has 6 heteroatoms. The van der Waals surface area contributed by atoms with Crippen LogP contribution in [0.4, 0.5) is 8.78 Å². The number of halogens is 2. The van der Waals surface area contributed by atoms with Gasteiger partial charge < -0.3 is 5.32 Å². The third-order valence-electron chi connectivity index (χ3n) is 3.59. The first-order chi connectivity index (χ1) is 8.89. The van der Waals surface area contributed by atoms with Crippen molar-refractivity contribution >= 4 is 9.84 Å². The van der Waals surface area contributed by atoms with E-state index in [4.69, 9.17) is 0 Å². The molecule has 1 aliphatic rings. The van der Waals surface area contributed by atoms with Gasteiger partial charge in [-0.25, -0.2) is 17.2 Å². The molecule has 3 nitrogen and oxygen atoms in total. The number of rotatable bonds is 4. The molecule has 1 aromatic rings. The first-order valence-corrected chi connectivity index (χ1v) is 8.04. The third-order valence-corrected chi connectivity index (χ3v) is 5.38. The molecule has 2 rings (SSSR count). The number of benzene rings is 1. The average Bonchev–Trinajstić information content (AvgIpc) is 2.65. The fourth-order valence-electron chi connectivity index (χ4n) is 2.63. The summed E-state index contributed by atoms with van der Waals surface area (Å²) in [6, 6.07) is 3.32. The summed E-state index contributed by atoms with van der Waals surface area (Å²) in [5.41, 5.74) is 0.543. The van der Waals surface area contributed by atoms with Crippen molar-refractivity contribution in [2.75, 3.05) is 18.6 Å². The van der Waals surface area contributed by atoms with E-state index in [9.17, 15) is 17.2 Å². The predicted molar refractivity (Wildman–Crippen MR) is 69.7 cm³/mol. The molecule has 0 aromatic heterocycles. The lowest BCUT2D eigenvalue weighted by molar-refractivity contribution is 0.401. The Hall–Kier alpha value is -1.01. The highest BCUT2D eigenvalue weighted by Crippen LogP contribution is 2.24. The molecule has 0 saturated carbocycles. The molecular weight excluding hydrogens is 272 g/mol. The Morgan fingerprint density at radius 3 is 2.42 bits per heavy atom. The largest absolute Gasteiger partial charge is 0.316 e. The van der Waals surface area contributed by atoms with Gasteiger partial charge in [-0.2, -0.15) is 0 Å². The maximum Gasteiger partial charge on any atom is 0.150 e. The highest BCUT2D eigenvalue weighted by molar-refractivity contribution is 7.91. The van der Waals surface area contributed by atoms with Crippen LogP contribution < -0.4 is 5.32 Å². The van der Waals surface area contributed by atoms with Gasteiger partial charge in [-0.15, -0.1) is 0 Å². The van der Waals surface area contributed by atoms with Crippen molar-refractivity contribution in [3.05, 3.63) is 35.4 Å². The summed E-state index contributed by atoms with van der Waals surface area (Å²) in [6.45, 7) is 0. The molecule has 0 amide bonds. The van der Waals surface area contributed by atoms with E-state index >= 15 is 0 Å². The minimum atomic E-state index is -2.95. The molecule has 1 aromatic carbocycles. The molecule has 0 aliphatic carbocycles. The van der Waals surface area contributed by atoms with Crippen molar-refractivity contribution in [3.8, 4) is 0 Å². The van der Waals surface area contributed by atoms with E-state index in [1.807, 2.05) is 0 Å². The monoisotopic (exact) mass is 289 g/mol. The van der Waals surface area contributed by atoms with Gasteiger partial charge in [0.05, 0.1) is 11.5 Å². The zero-order valence-corrected chi connectivity index (χ0v) is 11.5. The van der Waals surface area contributed by atoms with E-state index in [-0.39, 0.29) is 23.5 Å². The molecular formula is C13H17F2NO2S. The fraction of sp³-hybridized carbons (Fsp3) is 0.538. The van der Waals surface area contributed by atoms with Crippen LogP contribution in [0.2, 0.25) is 0 Å². The van der Waals surface area contributed by atoms with E-state index in [0.29, 0.717) is 18.4 Å². The van der Waals surface area contributed by atoms with Crippen LogP contribution in [0, 0.1) is 17.6 Å². The highest BCUT2D eigenvalue weighted by atomic mass is 32.2. The molecule has 19 heavy (non-hydrogen) atoms. The van der Waals surface area contributed by atoms with Gasteiger partial charge >= 0.3 is 0 Å². The van der Waals surface area contributed by atoms with E-state index in [1.165, 1.54) is 12.1 Å². The van der Waals surface area contributed by atoms with Gasteiger partial charge in [0.25, 0.3) is 0 Å². The van der Waals surface area contributed by atoms with Crippen molar-refractivity contribution in [3.63, 3.8) is 0 Å². The Bertz CT molecular complexity index is 540. The van der Waals surface area contributed by atoms with Crippen LogP contribution in [0.3, 0.4) is 0 Å². The zero-order chi connectivity index (χ0) is 14.0. The molecule has 1 saturated heterocycles. The average molecular weight is 289 g/mol. The summed E-state index contributed by atoms with van der Waals surface area (Å²) < 4.78 is 49.2. The van der Waals surface area contributed by atoms with Crippen LogP contribution in [-0.4, -0.2) is 33.0 Å². The molecule has 1 fully saturated rings. The SMILES string of the molecule is CNC(Cc1cc(F)cc(F)c1)C1CCS(=O)(=O)C1. The quantitative estimate of drug-likeness (QED) is 0.914. The lowest BCUT2D eigenvalue weighted by Crippen LogP contribution is -2.36. The standard InChI is InChI=1S/C13H17F2NO2S/c1-16-13(10-2-3-19(17,18)8-10)6-9-4-11(14)7-12(15)5-9/h4-5,7,10,13,16H,2-3,6,8H2,1H3. The summed E-state index contributed by atoms with van der Waals surface area (Å²) in [6.07, 6.45) is 1.02. The van der Waals surface area contributed by atoms with Gasteiger partial charge in [-0.3, -0.25) is 0 Å². The lowest BCUT2D eigenvalue weighted by atomic mass is 9.93. The van der Waals surface area contributed by atoms with E-state index in [0.717, 1.165) is 6.07 Å². The Morgan fingerprint density at radius 2 is 1.95 bits per heavy atom. The van der Waals surface area contributed by atoms with Crippen LogP contribution in [-0.2, 0) is 16.3 Å². The predicted octanol–water partition coefficient (Wildman–Crippen LogP) is 1.53. The third kappa shape index (κ3) is 3.73. The molecule has 2 atom stereocenters. The van der Waals surface area contributed by atoms with Crippen LogP contribution >= 0.6 is 0 Å². The second-order valence-electron chi connectivity index (χ2n) is 5.04. The van der Waals surface area contributed by atoms with Crippen molar-refractivity contribution in [1.82, 2.24) is 5.32 Å². The van der Waals surface area contributed by atoms with Gasteiger partial charge in [-0.1, -0.05) is 0 Å². The highest BCUT2D eigenvalue weighted by Gasteiger charge is 2.33. The van der Waals surface area contributed by atoms with Crippen molar-refractivity contribution < 1.29 is 17.2 Å². The normalized spacial score (nSPS) is 23.4. The van der Waals surface area contributed by atoms with E-state index in [1.54, 1.807) is 7.05 Å². The molecule has 1 N–H and O–H groups in total. The molecule has 1 aliphatic heterocycles. The first kappa shape index (κ1) is 14.4. The smallest absolute Gasteiger partial charge is 0.150 e. The number of hydrogen-bond acceptors (Lipinski definition) is 3. The van der Waals surface area contributed by atoms with Gasteiger partial charge in [0.2, 0.25) is 0 Å². The number of nitrogens with one attached hydrogen (secondary N) is 1.